The van der Waals surface area contributed by atoms with Gasteiger partial charge in [0.2, 0.25) is 0 Å². The lowest BCUT2D eigenvalue weighted by atomic mass is 9.79. The molecule has 3 nitrogen and oxygen atoms in total. The van der Waals surface area contributed by atoms with Crippen molar-refractivity contribution in [3.63, 3.8) is 0 Å². The SMILES string of the molecule is CCCC(CCC)C1CCN(CCOc2ccc(C#Cc3ccc(-c4ccc(C)cc4)cn3)cc2)CC1. The van der Waals surface area contributed by atoms with Crippen molar-refractivity contribution in [2.75, 3.05) is 26.2 Å². The molecule has 0 bridgehead atoms. The molecule has 0 spiro atoms. The van der Waals surface area contributed by atoms with Crippen LogP contribution in [0.15, 0.2) is 66.9 Å². The number of aromatic nitrogens is 1. The fourth-order valence-corrected chi connectivity index (χ4v) is 5.45. The van der Waals surface area contributed by atoms with Crippen molar-refractivity contribution in [3.8, 4) is 28.7 Å². The molecule has 0 radical (unpaired) electrons. The molecule has 3 heteroatoms. The molecule has 2 aromatic carbocycles. The monoisotopic (exact) mass is 494 g/mol. The maximum Gasteiger partial charge on any atom is 0.119 e. The predicted molar refractivity (Wildman–Crippen MR) is 155 cm³/mol. The van der Waals surface area contributed by atoms with Crippen LogP contribution in [0, 0.1) is 30.6 Å². The van der Waals surface area contributed by atoms with Gasteiger partial charge in [0.1, 0.15) is 18.1 Å². The highest BCUT2D eigenvalue weighted by Crippen LogP contribution is 2.31. The third-order valence-corrected chi connectivity index (χ3v) is 7.63. The van der Waals surface area contributed by atoms with Crippen molar-refractivity contribution in [3.05, 3.63) is 83.7 Å². The minimum absolute atomic E-state index is 0.736. The molecule has 0 N–H and O–H groups in total. The van der Waals surface area contributed by atoms with Crippen LogP contribution in [0.1, 0.15) is 69.2 Å². The van der Waals surface area contributed by atoms with E-state index in [9.17, 15) is 0 Å². The van der Waals surface area contributed by atoms with Crippen LogP contribution in [-0.2, 0) is 0 Å². The van der Waals surface area contributed by atoms with Gasteiger partial charge in [-0.15, -0.1) is 0 Å². The molecule has 194 valence electrons. The Morgan fingerprint density at radius 2 is 1.54 bits per heavy atom. The van der Waals surface area contributed by atoms with Gasteiger partial charge in [0.05, 0.1) is 0 Å². The molecule has 37 heavy (non-hydrogen) atoms. The average Bonchev–Trinajstić information content (AvgIpc) is 2.94. The van der Waals surface area contributed by atoms with Crippen molar-refractivity contribution in [2.24, 2.45) is 11.8 Å². The number of benzene rings is 2. The summed E-state index contributed by atoms with van der Waals surface area (Å²) in [6, 6.07) is 20.6. The minimum atomic E-state index is 0.736. The molecule has 3 aromatic rings. The van der Waals surface area contributed by atoms with Crippen LogP contribution in [-0.4, -0.2) is 36.1 Å². The molecule has 1 saturated heterocycles. The zero-order valence-electron chi connectivity index (χ0n) is 22.9. The summed E-state index contributed by atoms with van der Waals surface area (Å²) in [6.07, 6.45) is 10.0. The lowest BCUT2D eigenvalue weighted by Crippen LogP contribution is -2.38. The number of aryl methyl sites for hydroxylation is 1. The van der Waals surface area contributed by atoms with Crippen molar-refractivity contribution < 1.29 is 4.74 Å². The highest BCUT2D eigenvalue weighted by atomic mass is 16.5. The Balaban J connectivity index is 1.20. The van der Waals surface area contributed by atoms with Gasteiger partial charge in [-0.2, -0.15) is 0 Å². The largest absolute Gasteiger partial charge is 0.492 e. The van der Waals surface area contributed by atoms with E-state index in [4.69, 9.17) is 4.74 Å². The average molecular weight is 495 g/mol. The molecular weight excluding hydrogens is 452 g/mol. The third kappa shape index (κ3) is 8.20. The van der Waals surface area contributed by atoms with Gasteiger partial charge in [-0.3, -0.25) is 4.90 Å². The second-order valence-corrected chi connectivity index (χ2v) is 10.4. The van der Waals surface area contributed by atoms with Gasteiger partial charge >= 0.3 is 0 Å². The Hall–Kier alpha value is -3.09. The van der Waals surface area contributed by atoms with Gasteiger partial charge in [0, 0.05) is 23.9 Å². The quantitative estimate of drug-likeness (QED) is 0.269. The van der Waals surface area contributed by atoms with Crippen LogP contribution in [0.4, 0.5) is 0 Å². The topological polar surface area (TPSA) is 25.4 Å². The van der Waals surface area contributed by atoms with Crippen LogP contribution in [0.25, 0.3) is 11.1 Å². The fourth-order valence-electron chi connectivity index (χ4n) is 5.45. The van der Waals surface area contributed by atoms with E-state index in [1.807, 2.05) is 36.5 Å². The summed E-state index contributed by atoms with van der Waals surface area (Å²) in [7, 11) is 0. The van der Waals surface area contributed by atoms with Gasteiger partial charge in [-0.25, -0.2) is 4.98 Å². The van der Waals surface area contributed by atoms with Crippen LogP contribution in [0.3, 0.4) is 0 Å². The number of nitrogens with zero attached hydrogens (tertiary/aromatic N) is 2. The van der Waals surface area contributed by atoms with Gasteiger partial charge in [0.25, 0.3) is 0 Å². The van der Waals surface area contributed by atoms with E-state index >= 15 is 0 Å². The van der Waals surface area contributed by atoms with Crippen LogP contribution in [0.5, 0.6) is 5.75 Å². The standard InChI is InChI=1S/C34H42N2O/c1-4-6-29(7-5-2)31-20-22-36(23-21-31)24-25-37-34-18-11-28(12-19-34)10-16-33-17-15-32(26-35-33)30-13-8-27(3)9-14-30/h8-9,11-15,17-19,26,29,31H,4-7,20-25H2,1-3H3. The summed E-state index contributed by atoms with van der Waals surface area (Å²) < 4.78 is 6.04. The smallest absolute Gasteiger partial charge is 0.119 e. The Bertz CT molecular complexity index is 1130. The van der Waals surface area contributed by atoms with Crippen molar-refractivity contribution in [2.45, 2.75) is 59.3 Å². The number of ether oxygens (including phenoxy) is 1. The van der Waals surface area contributed by atoms with Crippen molar-refractivity contribution in [1.82, 2.24) is 9.88 Å². The van der Waals surface area contributed by atoms with E-state index < -0.39 is 0 Å². The molecule has 0 amide bonds. The number of piperidine rings is 1. The molecule has 0 unspecified atom stereocenters. The van der Waals surface area contributed by atoms with Gasteiger partial charge in [-0.05, 0) is 86.5 Å². The van der Waals surface area contributed by atoms with Gasteiger partial charge in [0.15, 0.2) is 0 Å². The minimum Gasteiger partial charge on any atom is -0.492 e. The summed E-state index contributed by atoms with van der Waals surface area (Å²) >= 11 is 0. The second-order valence-electron chi connectivity index (χ2n) is 10.4. The summed E-state index contributed by atoms with van der Waals surface area (Å²) in [5, 5.41) is 0. The first-order valence-electron chi connectivity index (χ1n) is 14.1. The molecular formula is C34H42N2O. The number of rotatable bonds is 10. The normalized spacial score (nSPS) is 14.4. The number of pyridine rings is 1. The highest BCUT2D eigenvalue weighted by Gasteiger charge is 2.25. The molecule has 1 fully saturated rings. The lowest BCUT2D eigenvalue weighted by molar-refractivity contribution is 0.121. The summed E-state index contributed by atoms with van der Waals surface area (Å²) in [4.78, 5) is 7.10. The van der Waals surface area contributed by atoms with E-state index in [2.05, 4.69) is 72.8 Å². The van der Waals surface area contributed by atoms with Gasteiger partial charge in [-0.1, -0.05) is 81.3 Å². The third-order valence-electron chi connectivity index (χ3n) is 7.63. The Labute approximate surface area is 224 Å². The zero-order valence-corrected chi connectivity index (χ0v) is 22.9. The Morgan fingerprint density at radius 1 is 0.865 bits per heavy atom. The van der Waals surface area contributed by atoms with Crippen LogP contribution < -0.4 is 4.74 Å². The first-order chi connectivity index (χ1) is 18.1. The second kappa shape index (κ2) is 14.0. The fraction of sp³-hybridized carbons (Fsp3) is 0.441. The first-order valence-corrected chi connectivity index (χ1v) is 14.1. The van der Waals surface area contributed by atoms with E-state index in [-0.39, 0.29) is 0 Å². The molecule has 1 aromatic heterocycles. The molecule has 0 saturated carbocycles. The summed E-state index contributed by atoms with van der Waals surface area (Å²) in [5.41, 5.74) is 5.27. The highest BCUT2D eigenvalue weighted by molar-refractivity contribution is 5.63. The molecule has 0 atom stereocenters. The Morgan fingerprint density at radius 3 is 2.16 bits per heavy atom. The van der Waals surface area contributed by atoms with E-state index in [0.29, 0.717) is 0 Å². The van der Waals surface area contributed by atoms with E-state index in [1.165, 1.54) is 62.7 Å². The van der Waals surface area contributed by atoms with Crippen LogP contribution >= 0.6 is 0 Å². The summed E-state index contributed by atoms with van der Waals surface area (Å²) in [6.45, 7) is 10.9. The van der Waals surface area contributed by atoms with Crippen LogP contribution in [0.2, 0.25) is 0 Å². The van der Waals surface area contributed by atoms with E-state index in [1.54, 1.807) is 0 Å². The van der Waals surface area contributed by atoms with Gasteiger partial charge < -0.3 is 4.74 Å². The van der Waals surface area contributed by atoms with Crippen molar-refractivity contribution >= 4 is 0 Å². The molecule has 1 aliphatic rings. The number of likely N-dealkylation sites (tertiary alicyclic amines) is 1. The molecule has 0 aliphatic carbocycles. The maximum absolute atomic E-state index is 6.04. The van der Waals surface area contributed by atoms with Crippen molar-refractivity contribution in [1.29, 1.82) is 0 Å². The number of hydrogen-bond donors (Lipinski definition) is 0. The molecule has 4 rings (SSSR count). The molecule has 1 aliphatic heterocycles. The Kier molecular flexibility index (Phi) is 10.2. The maximum atomic E-state index is 6.04. The lowest BCUT2D eigenvalue weighted by Gasteiger charge is -2.36. The predicted octanol–water partition coefficient (Wildman–Crippen LogP) is 7.76. The number of hydrogen-bond acceptors (Lipinski definition) is 3. The molecule has 2 heterocycles. The summed E-state index contributed by atoms with van der Waals surface area (Å²) in [5.74, 6) is 9.16. The van der Waals surface area contributed by atoms with E-state index in [0.717, 1.165) is 47.6 Å². The first kappa shape index (κ1) is 27.0. The zero-order chi connectivity index (χ0) is 25.9.